The molecule has 0 N–H and O–H groups in total. The Balaban J connectivity index is 1.75. The number of morpholine rings is 1. The average molecular weight is 301 g/mol. The first-order valence-electron chi connectivity index (χ1n) is 7.79. The standard InChI is InChI=1S/C16H23N5O/c1-12(2)14-11-21(8-9-22-14)16-19-18-15(20(16)3)10-13-4-6-17-7-5-13/h4-7,12,14H,8-11H2,1-3H3. The van der Waals surface area contributed by atoms with Gasteiger partial charge in [0.15, 0.2) is 0 Å². The van der Waals surface area contributed by atoms with E-state index in [0.717, 1.165) is 37.9 Å². The molecule has 0 aromatic carbocycles. The molecule has 1 atom stereocenters. The van der Waals surface area contributed by atoms with Crippen LogP contribution in [-0.2, 0) is 18.2 Å². The van der Waals surface area contributed by atoms with Gasteiger partial charge in [0, 0.05) is 39.0 Å². The molecule has 2 aromatic rings. The monoisotopic (exact) mass is 301 g/mol. The molecule has 0 bridgehead atoms. The first-order valence-corrected chi connectivity index (χ1v) is 7.79. The molecule has 6 heteroatoms. The lowest BCUT2D eigenvalue weighted by atomic mass is 10.1. The second-order valence-electron chi connectivity index (χ2n) is 6.11. The molecule has 1 fully saturated rings. The maximum atomic E-state index is 5.83. The summed E-state index contributed by atoms with van der Waals surface area (Å²) in [5.74, 6) is 2.40. The fraction of sp³-hybridized carbons (Fsp3) is 0.562. The summed E-state index contributed by atoms with van der Waals surface area (Å²) in [6.07, 6.45) is 4.64. The van der Waals surface area contributed by atoms with E-state index in [2.05, 4.69) is 38.5 Å². The number of hydrogen-bond acceptors (Lipinski definition) is 5. The molecule has 0 saturated carbocycles. The SMILES string of the molecule is CC(C)C1CN(c2nnc(Cc3ccncc3)n2C)CCO1. The van der Waals surface area contributed by atoms with Crippen molar-refractivity contribution >= 4 is 5.95 Å². The molecule has 3 rings (SSSR count). The molecule has 0 amide bonds. The van der Waals surface area contributed by atoms with E-state index in [1.165, 1.54) is 5.56 Å². The summed E-state index contributed by atoms with van der Waals surface area (Å²) in [7, 11) is 2.03. The molecule has 22 heavy (non-hydrogen) atoms. The second kappa shape index (κ2) is 6.44. The number of anilines is 1. The lowest BCUT2D eigenvalue weighted by molar-refractivity contribution is 0.0107. The van der Waals surface area contributed by atoms with Gasteiger partial charge < -0.3 is 14.2 Å². The van der Waals surface area contributed by atoms with Crippen molar-refractivity contribution in [3.8, 4) is 0 Å². The van der Waals surface area contributed by atoms with E-state index in [4.69, 9.17) is 4.74 Å². The van der Waals surface area contributed by atoms with Crippen molar-refractivity contribution in [2.45, 2.75) is 26.4 Å². The van der Waals surface area contributed by atoms with Crippen molar-refractivity contribution in [1.82, 2.24) is 19.7 Å². The van der Waals surface area contributed by atoms with Crippen molar-refractivity contribution in [2.75, 3.05) is 24.6 Å². The Bertz CT molecular complexity index is 610. The van der Waals surface area contributed by atoms with Crippen LogP contribution in [0.2, 0.25) is 0 Å². The summed E-state index contributed by atoms with van der Waals surface area (Å²) in [5, 5.41) is 8.76. The summed E-state index contributed by atoms with van der Waals surface area (Å²) >= 11 is 0. The molecule has 0 aliphatic carbocycles. The summed E-state index contributed by atoms with van der Waals surface area (Å²) in [5.41, 5.74) is 1.19. The Morgan fingerprint density at radius 2 is 2.05 bits per heavy atom. The topological polar surface area (TPSA) is 56.1 Å². The third-order valence-corrected chi connectivity index (χ3v) is 4.17. The van der Waals surface area contributed by atoms with Crippen LogP contribution in [0.1, 0.15) is 25.2 Å². The third-order valence-electron chi connectivity index (χ3n) is 4.17. The fourth-order valence-corrected chi connectivity index (χ4v) is 2.72. The van der Waals surface area contributed by atoms with Gasteiger partial charge in [-0.1, -0.05) is 13.8 Å². The van der Waals surface area contributed by atoms with Crippen LogP contribution < -0.4 is 4.90 Å². The summed E-state index contributed by atoms with van der Waals surface area (Å²) in [6.45, 7) is 6.87. The Labute approximate surface area is 131 Å². The Kier molecular flexibility index (Phi) is 4.38. The molecule has 2 aromatic heterocycles. The predicted molar refractivity (Wildman–Crippen MR) is 84.8 cm³/mol. The summed E-state index contributed by atoms with van der Waals surface area (Å²) in [4.78, 5) is 6.32. The zero-order valence-corrected chi connectivity index (χ0v) is 13.4. The molecule has 1 unspecified atom stereocenters. The fourth-order valence-electron chi connectivity index (χ4n) is 2.72. The molecule has 118 valence electrons. The highest BCUT2D eigenvalue weighted by Crippen LogP contribution is 2.20. The van der Waals surface area contributed by atoms with Gasteiger partial charge in [0.1, 0.15) is 5.82 Å². The molecule has 1 aliphatic rings. The van der Waals surface area contributed by atoms with Crippen LogP contribution >= 0.6 is 0 Å². The number of hydrogen-bond donors (Lipinski definition) is 0. The number of rotatable bonds is 4. The van der Waals surface area contributed by atoms with Gasteiger partial charge in [-0.25, -0.2) is 0 Å². The van der Waals surface area contributed by atoms with Crippen LogP contribution in [0.4, 0.5) is 5.95 Å². The van der Waals surface area contributed by atoms with Crippen molar-refractivity contribution in [3.63, 3.8) is 0 Å². The highest BCUT2D eigenvalue weighted by Gasteiger charge is 2.26. The molecule has 1 aliphatic heterocycles. The van der Waals surface area contributed by atoms with Gasteiger partial charge in [-0.05, 0) is 23.6 Å². The van der Waals surface area contributed by atoms with E-state index < -0.39 is 0 Å². The summed E-state index contributed by atoms with van der Waals surface area (Å²) in [6, 6.07) is 4.02. The van der Waals surface area contributed by atoms with E-state index in [1.807, 2.05) is 31.6 Å². The lowest BCUT2D eigenvalue weighted by Crippen LogP contribution is -2.45. The molecule has 1 saturated heterocycles. The van der Waals surface area contributed by atoms with Crippen molar-refractivity contribution in [1.29, 1.82) is 0 Å². The molecule has 0 spiro atoms. The number of aromatic nitrogens is 4. The van der Waals surface area contributed by atoms with E-state index in [0.29, 0.717) is 5.92 Å². The van der Waals surface area contributed by atoms with E-state index >= 15 is 0 Å². The van der Waals surface area contributed by atoms with Gasteiger partial charge in [-0.3, -0.25) is 4.98 Å². The normalized spacial score (nSPS) is 18.9. The minimum Gasteiger partial charge on any atom is -0.374 e. The van der Waals surface area contributed by atoms with Gasteiger partial charge in [0.05, 0.1) is 12.7 Å². The summed E-state index contributed by atoms with van der Waals surface area (Å²) < 4.78 is 7.91. The molecule has 0 radical (unpaired) electrons. The first-order chi connectivity index (χ1) is 10.6. The lowest BCUT2D eigenvalue weighted by Gasteiger charge is -2.35. The second-order valence-corrected chi connectivity index (χ2v) is 6.11. The van der Waals surface area contributed by atoms with Gasteiger partial charge in [-0.15, -0.1) is 10.2 Å². The smallest absolute Gasteiger partial charge is 0.227 e. The molecule has 3 heterocycles. The minimum atomic E-state index is 0.258. The van der Waals surface area contributed by atoms with Crippen molar-refractivity contribution in [2.24, 2.45) is 13.0 Å². The number of pyridine rings is 1. The van der Waals surface area contributed by atoms with Crippen molar-refractivity contribution < 1.29 is 4.74 Å². The zero-order chi connectivity index (χ0) is 15.5. The van der Waals surface area contributed by atoms with Crippen LogP contribution in [0.15, 0.2) is 24.5 Å². The van der Waals surface area contributed by atoms with Crippen LogP contribution in [0.3, 0.4) is 0 Å². The molecule has 6 nitrogen and oxygen atoms in total. The molecular weight excluding hydrogens is 278 g/mol. The maximum Gasteiger partial charge on any atom is 0.227 e. The van der Waals surface area contributed by atoms with Crippen LogP contribution in [0.5, 0.6) is 0 Å². The Morgan fingerprint density at radius 3 is 2.77 bits per heavy atom. The Hall–Kier alpha value is -1.95. The highest BCUT2D eigenvalue weighted by molar-refractivity contribution is 5.33. The van der Waals surface area contributed by atoms with Gasteiger partial charge in [-0.2, -0.15) is 0 Å². The minimum absolute atomic E-state index is 0.258. The van der Waals surface area contributed by atoms with Gasteiger partial charge in [0.25, 0.3) is 0 Å². The quantitative estimate of drug-likeness (QED) is 0.859. The van der Waals surface area contributed by atoms with Gasteiger partial charge >= 0.3 is 0 Å². The highest BCUT2D eigenvalue weighted by atomic mass is 16.5. The first kappa shape index (κ1) is 15.0. The van der Waals surface area contributed by atoms with E-state index in [1.54, 1.807) is 0 Å². The average Bonchev–Trinajstić information content (AvgIpc) is 2.89. The van der Waals surface area contributed by atoms with Crippen LogP contribution in [0.25, 0.3) is 0 Å². The van der Waals surface area contributed by atoms with Crippen molar-refractivity contribution in [3.05, 3.63) is 35.9 Å². The van der Waals surface area contributed by atoms with Crippen LogP contribution in [-0.4, -0.2) is 45.5 Å². The predicted octanol–water partition coefficient (Wildman–Crippen LogP) is 1.66. The zero-order valence-electron chi connectivity index (χ0n) is 13.4. The largest absolute Gasteiger partial charge is 0.374 e. The Morgan fingerprint density at radius 1 is 1.27 bits per heavy atom. The third kappa shape index (κ3) is 3.11. The number of nitrogens with zero attached hydrogens (tertiary/aromatic N) is 5. The van der Waals surface area contributed by atoms with Gasteiger partial charge in [0.2, 0.25) is 5.95 Å². The molecular formula is C16H23N5O. The van der Waals surface area contributed by atoms with E-state index in [-0.39, 0.29) is 6.10 Å². The number of ether oxygens (including phenoxy) is 1. The van der Waals surface area contributed by atoms with Crippen LogP contribution in [0, 0.1) is 5.92 Å². The maximum absolute atomic E-state index is 5.83. The van der Waals surface area contributed by atoms with E-state index in [9.17, 15) is 0 Å².